The van der Waals surface area contributed by atoms with Crippen LogP contribution in [0.1, 0.15) is 11.3 Å². The Bertz CT molecular complexity index is 546. The SMILES string of the molecule is O=C(O)C1=CC=C2c3ncccc3CCN2C1. The molecule has 0 saturated heterocycles. The van der Waals surface area contributed by atoms with Gasteiger partial charge in [-0.05, 0) is 30.2 Å². The highest BCUT2D eigenvalue weighted by Crippen LogP contribution is 2.29. The highest BCUT2D eigenvalue weighted by atomic mass is 16.4. The van der Waals surface area contributed by atoms with Crippen LogP contribution in [0.2, 0.25) is 0 Å². The minimum atomic E-state index is -0.841. The first-order valence-corrected chi connectivity index (χ1v) is 5.59. The van der Waals surface area contributed by atoms with Gasteiger partial charge in [0.15, 0.2) is 0 Å². The molecule has 2 aliphatic heterocycles. The molecular weight excluding hydrogens is 216 g/mol. The number of rotatable bonds is 1. The summed E-state index contributed by atoms with van der Waals surface area (Å²) in [5.41, 5.74) is 3.70. The summed E-state index contributed by atoms with van der Waals surface area (Å²) in [4.78, 5) is 17.4. The number of fused-ring (bicyclic) bond motifs is 3. The molecule has 2 aliphatic rings. The van der Waals surface area contributed by atoms with Gasteiger partial charge in [-0.25, -0.2) is 4.79 Å². The third-order valence-corrected chi connectivity index (χ3v) is 3.20. The van der Waals surface area contributed by atoms with Crippen LogP contribution in [-0.4, -0.2) is 34.0 Å². The summed E-state index contributed by atoms with van der Waals surface area (Å²) in [6.07, 6.45) is 6.24. The number of aliphatic carboxylic acids is 1. The van der Waals surface area contributed by atoms with Gasteiger partial charge in [-0.1, -0.05) is 6.07 Å². The third-order valence-electron chi connectivity index (χ3n) is 3.20. The van der Waals surface area contributed by atoms with Crippen LogP contribution in [0.15, 0.2) is 36.1 Å². The molecule has 0 aliphatic carbocycles. The first-order chi connectivity index (χ1) is 8.25. The van der Waals surface area contributed by atoms with Crippen LogP contribution >= 0.6 is 0 Å². The van der Waals surface area contributed by atoms with Crippen LogP contribution in [0.3, 0.4) is 0 Å². The molecule has 1 aromatic rings. The molecule has 0 amide bonds. The number of aromatic nitrogens is 1. The van der Waals surface area contributed by atoms with Gasteiger partial charge in [-0.15, -0.1) is 0 Å². The molecule has 0 unspecified atom stereocenters. The number of nitrogens with zero attached hydrogens (tertiary/aromatic N) is 2. The van der Waals surface area contributed by atoms with E-state index in [9.17, 15) is 4.79 Å². The number of allylic oxidation sites excluding steroid dienone is 2. The largest absolute Gasteiger partial charge is 0.478 e. The van der Waals surface area contributed by atoms with Gasteiger partial charge < -0.3 is 10.0 Å². The van der Waals surface area contributed by atoms with E-state index in [4.69, 9.17) is 5.11 Å². The van der Waals surface area contributed by atoms with Gasteiger partial charge in [-0.3, -0.25) is 4.98 Å². The minimum Gasteiger partial charge on any atom is -0.478 e. The fourth-order valence-electron chi connectivity index (χ4n) is 2.32. The zero-order chi connectivity index (χ0) is 11.8. The van der Waals surface area contributed by atoms with Crippen molar-refractivity contribution in [2.24, 2.45) is 0 Å². The summed E-state index contributed by atoms with van der Waals surface area (Å²) in [6.45, 7) is 1.33. The van der Waals surface area contributed by atoms with E-state index < -0.39 is 5.97 Å². The first-order valence-electron chi connectivity index (χ1n) is 5.59. The molecule has 4 nitrogen and oxygen atoms in total. The molecule has 0 aromatic carbocycles. The fourth-order valence-corrected chi connectivity index (χ4v) is 2.32. The second-order valence-corrected chi connectivity index (χ2v) is 4.23. The maximum atomic E-state index is 10.9. The van der Waals surface area contributed by atoms with Crippen molar-refractivity contribution in [1.82, 2.24) is 9.88 Å². The second-order valence-electron chi connectivity index (χ2n) is 4.23. The Morgan fingerprint density at radius 1 is 1.41 bits per heavy atom. The maximum Gasteiger partial charge on any atom is 0.333 e. The van der Waals surface area contributed by atoms with Crippen molar-refractivity contribution >= 4 is 11.7 Å². The summed E-state index contributed by atoms with van der Waals surface area (Å²) < 4.78 is 0. The Balaban J connectivity index is 2.06. The molecule has 17 heavy (non-hydrogen) atoms. The molecule has 0 saturated carbocycles. The molecule has 1 aromatic heterocycles. The Morgan fingerprint density at radius 3 is 3.12 bits per heavy atom. The lowest BCUT2D eigenvalue weighted by Crippen LogP contribution is -2.34. The molecule has 0 fully saturated rings. The van der Waals surface area contributed by atoms with Crippen LogP contribution < -0.4 is 0 Å². The van der Waals surface area contributed by atoms with Gasteiger partial charge in [-0.2, -0.15) is 0 Å². The standard InChI is InChI=1S/C13H12N2O2/c16-13(17)10-3-4-11-12-9(2-1-6-14-12)5-7-15(11)8-10/h1-4,6H,5,7-8H2,(H,16,17). The maximum absolute atomic E-state index is 10.9. The zero-order valence-electron chi connectivity index (χ0n) is 9.26. The summed E-state index contributed by atoms with van der Waals surface area (Å²) in [5.74, 6) is -0.841. The third kappa shape index (κ3) is 1.62. The van der Waals surface area contributed by atoms with Gasteiger partial charge in [0.05, 0.1) is 23.5 Å². The van der Waals surface area contributed by atoms with Gasteiger partial charge in [0.2, 0.25) is 0 Å². The molecule has 86 valence electrons. The molecule has 0 radical (unpaired) electrons. The predicted octanol–water partition coefficient (Wildman–Crippen LogP) is 1.31. The summed E-state index contributed by atoms with van der Waals surface area (Å²) in [6, 6.07) is 4.02. The monoisotopic (exact) mass is 228 g/mol. The molecule has 0 bridgehead atoms. The molecular formula is C13H12N2O2. The van der Waals surface area contributed by atoms with Crippen LogP contribution in [0, 0.1) is 0 Å². The first kappa shape index (κ1) is 10.1. The number of hydrogen-bond acceptors (Lipinski definition) is 3. The second kappa shape index (κ2) is 3.73. The van der Waals surface area contributed by atoms with Crippen molar-refractivity contribution in [3.63, 3.8) is 0 Å². The Hall–Kier alpha value is -2.10. The molecule has 0 atom stereocenters. The molecule has 3 rings (SSSR count). The summed E-state index contributed by atoms with van der Waals surface area (Å²) in [7, 11) is 0. The van der Waals surface area contributed by atoms with Crippen molar-refractivity contribution in [2.75, 3.05) is 13.1 Å². The number of carboxylic acids is 1. The van der Waals surface area contributed by atoms with Crippen molar-refractivity contribution in [3.05, 3.63) is 47.3 Å². The van der Waals surface area contributed by atoms with Crippen LogP contribution in [0.4, 0.5) is 0 Å². The molecule has 1 N–H and O–H groups in total. The average Bonchev–Trinajstić information content (AvgIpc) is 2.38. The quantitative estimate of drug-likeness (QED) is 0.787. The highest BCUT2D eigenvalue weighted by Gasteiger charge is 2.26. The topological polar surface area (TPSA) is 53.4 Å². The van der Waals surface area contributed by atoms with E-state index in [2.05, 4.69) is 16.0 Å². The van der Waals surface area contributed by atoms with Crippen molar-refractivity contribution in [1.29, 1.82) is 0 Å². The Labute approximate surface area is 98.9 Å². The van der Waals surface area contributed by atoms with Crippen molar-refractivity contribution < 1.29 is 9.90 Å². The van der Waals surface area contributed by atoms with E-state index in [0.29, 0.717) is 12.1 Å². The van der Waals surface area contributed by atoms with Gasteiger partial charge in [0.25, 0.3) is 0 Å². The number of carboxylic acid groups (broad SMARTS) is 1. The number of pyridine rings is 1. The van der Waals surface area contributed by atoms with Crippen LogP contribution in [0.25, 0.3) is 5.70 Å². The van der Waals surface area contributed by atoms with Gasteiger partial charge in [0, 0.05) is 12.7 Å². The predicted molar refractivity (Wildman–Crippen MR) is 63.2 cm³/mol. The summed E-state index contributed by atoms with van der Waals surface area (Å²) >= 11 is 0. The van der Waals surface area contributed by atoms with E-state index in [0.717, 1.165) is 24.4 Å². The molecule has 4 heteroatoms. The van der Waals surface area contributed by atoms with E-state index in [1.807, 2.05) is 12.1 Å². The lowest BCUT2D eigenvalue weighted by Gasteiger charge is -2.34. The average molecular weight is 228 g/mol. The lowest BCUT2D eigenvalue weighted by atomic mass is 9.98. The van der Waals surface area contributed by atoms with E-state index in [1.54, 1.807) is 12.3 Å². The summed E-state index contributed by atoms with van der Waals surface area (Å²) in [5, 5.41) is 8.98. The van der Waals surface area contributed by atoms with Crippen LogP contribution in [-0.2, 0) is 11.2 Å². The molecule has 0 spiro atoms. The fraction of sp³-hybridized carbons (Fsp3) is 0.231. The van der Waals surface area contributed by atoms with Crippen LogP contribution in [0.5, 0.6) is 0 Å². The lowest BCUT2D eigenvalue weighted by molar-refractivity contribution is -0.132. The Morgan fingerprint density at radius 2 is 2.29 bits per heavy atom. The zero-order valence-corrected chi connectivity index (χ0v) is 9.26. The number of carbonyl (C=O) groups is 1. The number of hydrogen-bond donors (Lipinski definition) is 1. The highest BCUT2D eigenvalue weighted by molar-refractivity contribution is 5.89. The van der Waals surface area contributed by atoms with Crippen molar-refractivity contribution in [3.8, 4) is 0 Å². The smallest absolute Gasteiger partial charge is 0.333 e. The van der Waals surface area contributed by atoms with E-state index in [-0.39, 0.29) is 0 Å². The van der Waals surface area contributed by atoms with E-state index in [1.165, 1.54) is 5.56 Å². The minimum absolute atomic E-state index is 0.438. The van der Waals surface area contributed by atoms with Crippen molar-refractivity contribution in [2.45, 2.75) is 6.42 Å². The van der Waals surface area contributed by atoms with Gasteiger partial charge in [0.1, 0.15) is 0 Å². The Kier molecular flexibility index (Phi) is 2.21. The normalized spacial score (nSPS) is 17.8. The molecule has 3 heterocycles. The van der Waals surface area contributed by atoms with E-state index >= 15 is 0 Å². The van der Waals surface area contributed by atoms with Gasteiger partial charge >= 0.3 is 5.97 Å².